The van der Waals surface area contributed by atoms with E-state index in [-0.39, 0.29) is 22.7 Å². The zero-order valence-corrected chi connectivity index (χ0v) is 13.3. The van der Waals surface area contributed by atoms with Crippen LogP contribution < -0.4 is 0 Å². The topological polar surface area (TPSA) is 86.3 Å². The monoisotopic (exact) mass is 342 g/mol. The summed E-state index contributed by atoms with van der Waals surface area (Å²) in [6, 6.07) is 2.56. The minimum atomic E-state index is -1.75. The Morgan fingerprint density at radius 3 is 2.32 bits per heavy atom. The van der Waals surface area contributed by atoms with Crippen molar-refractivity contribution in [3.05, 3.63) is 71.3 Å². The third-order valence-corrected chi connectivity index (χ3v) is 4.57. The molecule has 1 unspecified atom stereocenters. The van der Waals surface area contributed by atoms with Crippen LogP contribution in [0.15, 0.2) is 34.9 Å². The summed E-state index contributed by atoms with van der Waals surface area (Å²) < 4.78 is 0. The number of nitro groups is 2. The van der Waals surface area contributed by atoms with Crippen LogP contribution in [-0.2, 0) is 5.54 Å². The zero-order valence-electron chi connectivity index (χ0n) is 11.8. The van der Waals surface area contributed by atoms with Gasteiger partial charge in [-0.05, 0) is 43.2 Å². The van der Waals surface area contributed by atoms with Crippen LogP contribution in [0.4, 0.5) is 5.69 Å². The summed E-state index contributed by atoms with van der Waals surface area (Å²) in [6.07, 6.45) is 2.65. The predicted octanol–water partition coefficient (Wildman–Crippen LogP) is 4.50. The van der Waals surface area contributed by atoms with Crippen molar-refractivity contribution in [2.45, 2.75) is 25.8 Å². The minimum Gasteiger partial charge on any atom is -0.263 e. The third kappa shape index (κ3) is 2.60. The SMILES string of the molecule is CC1=C(Cl)C=CC(c2cc(Cl)c(C)cc2[N+](=O)[O-])([N+](=O)[O-])C1. The van der Waals surface area contributed by atoms with Crippen molar-refractivity contribution in [1.29, 1.82) is 0 Å². The van der Waals surface area contributed by atoms with Crippen LogP contribution in [0.2, 0.25) is 5.02 Å². The average Bonchev–Trinajstić information content (AvgIpc) is 2.44. The van der Waals surface area contributed by atoms with E-state index in [0.29, 0.717) is 16.2 Å². The lowest BCUT2D eigenvalue weighted by molar-refractivity contribution is -0.565. The molecule has 0 saturated heterocycles. The number of hydrogen-bond donors (Lipinski definition) is 0. The van der Waals surface area contributed by atoms with Gasteiger partial charge in [-0.3, -0.25) is 20.2 Å². The molecule has 6 nitrogen and oxygen atoms in total. The number of nitro benzene ring substituents is 1. The fraction of sp³-hybridized carbons (Fsp3) is 0.286. The summed E-state index contributed by atoms with van der Waals surface area (Å²) in [5.74, 6) is 0. The molecule has 1 atom stereocenters. The second-order valence-corrected chi connectivity index (χ2v) is 6.01. The van der Waals surface area contributed by atoms with Crippen LogP contribution in [0.1, 0.15) is 24.5 Å². The Balaban J connectivity index is 2.76. The van der Waals surface area contributed by atoms with Gasteiger partial charge in [-0.1, -0.05) is 23.2 Å². The molecular formula is C14H12Cl2N2O4. The lowest BCUT2D eigenvalue weighted by Crippen LogP contribution is -2.35. The van der Waals surface area contributed by atoms with Gasteiger partial charge in [-0.2, -0.15) is 0 Å². The number of aryl methyl sites for hydroxylation is 1. The highest BCUT2D eigenvalue weighted by Crippen LogP contribution is 2.44. The zero-order chi connectivity index (χ0) is 16.7. The molecule has 0 fully saturated rings. The highest BCUT2D eigenvalue weighted by Gasteiger charge is 2.49. The number of nitrogens with zero attached hydrogens (tertiary/aromatic N) is 2. The second-order valence-electron chi connectivity index (χ2n) is 5.20. The molecule has 0 heterocycles. The first-order chi connectivity index (χ1) is 10.2. The van der Waals surface area contributed by atoms with E-state index in [0.717, 1.165) is 0 Å². The molecule has 8 heteroatoms. The van der Waals surface area contributed by atoms with Gasteiger partial charge in [-0.15, -0.1) is 0 Å². The largest absolute Gasteiger partial charge is 0.280 e. The van der Waals surface area contributed by atoms with E-state index in [1.807, 2.05) is 0 Å². The summed E-state index contributed by atoms with van der Waals surface area (Å²) in [4.78, 5) is 21.9. The molecule has 1 aromatic carbocycles. The van der Waals surface area contributed by atoms with E-state index >= 15 is 0 Å². The Kier molecular flexibility index (Phi) is 4.26. The smallest absolute Gasteiger partial charge is 0.263 e. The van der Waals surface area contributed by atoms with Gasteiger partial charge >= 0.3 is 0 Å². The lowest BCUT2D eigenvalue weighted by atomic mass is 9.80. The summed E-state index contributed by atoms with van der Waals surface area (Å²) >= 11 is 12.0. The van der Waals surface area contributed by atoms with E-state index in [9.17, 15) is 20.2 Å². The van der Waals surface area contributed by atoms with Gasteiger partial charge in [0.25, 0.3) is 11.2 Å². The maximum absolute atomic E-state index is 11.7. The fourth-order valence-corrected chi connectivity index (χ4v) is 2.77. The van der Waals surface area contributed by atoms with Crippen molar-refractivity contribution in [3.63, 3.8) is 0 Å². The van der Waals surface area contributed by atoms with Crippen molar-refractivity contribution < 1.29 is 9.85 Å². The van der Waals surface area contributed by atoms with Gasteiger partial charge in [-0.25, -0.2) is 0 Å². The molecule has 1 aliphatic carbocycles. The predicted molar refractivity (Wildman–Crippen MR) is 83.8 cm³/mol. The maximum Gasteiger partial charge on any atom is 0.280 e. The van der Waals surface area contributed by atoms with Crippen molar-refractivity contribution in [2.75, 3.05) is 0 Å². The lowest BCUT2D eigenvalue weighted by Gasteiger charge is -2.26. The Hall–Kier alpha value is -1.92. The van der Waals surface area contributed by atoms with Crippen LogP contribution in [0, 0.1) is 27.2 Å². The summed E-state index contributed by atoms with van der Waals surface area (Å²) in [5.41, 5.74) is -1.04. The molecular weight excluding hydrogens is 331 g/mol. The summed E-state index contributed by atoms with van der Waals surface area (Å²) in [7, 11) is 0. The fourth-order valence-electron chi connectivity index (χ4n) is 2.47. The number of hydrogen-bond acceptors (Lipinski definition) is 4. The van der Waals surface area contributed by atoms with E-state index in [2.05, 4.69) is 0 Å². The van der Waals surface area contributed by atoms with E-state index in [4.69, 9.17) is 23.2 Å². The van der Waals surface area contributed by atoms with Gasteiger partial charge < -0.3 is 0 Å². The standard InChI is InChI=1S/C14H12Cl2N2O4/c1-8-5-13(17(19)20)10(6-12(8)16)14(18(21)22)4-3-11(15)9(2)7-14/h3-6H,7H2,1-2H3. The first-order valence-corrected chi connectivity index (χ1v) is 7.08. The second kappa shape index (κ2) is 5.70. The van der Waals surface area contributed by atoms with Crippen molar-refractivity contribution in [2.24, 2.45) is 0 Å². The first-order valence-electron chi connectivity index (χ1n) is 6.33. The van der Waals surface area contributed by atoms with Crippen LogP contribution in [0.25, 0.3) is 0 Å². The molecule has 0 bridgehead atoms. The van der Waals surface area contributed by atoms with Crippen molar-refractivity contribution >= 4 is 28.9 Å². The molecule has 0 amide bonds. The molecule has 0 saturated carbocycles. The molecule has 0 spiro atoms. The van der Waals surface area contributed by atoms with E-state index < -0.39 is 15.4 Å². The van der Waals surface area contributed by atoms with Crippen molar-refractivity contribution in [1.82, 2.24) is 0 Å². The molecule has 0 N–H and O–H groups in total. The van der Waals surface area contributed by atoms with Crippen LogP contribution in [0.5, 0.6) is 0 Å². The van der Waals surface area contributed by atoms with Gasteiger partial charge in [0.15, 0.2) is 0 Å². The summed E-state index contributed by atoms with van der Waals surface area (Å²) in [5, 5.41) is 23.7. The number of benzene rings is 1. The molecule has 22 heavy (non-hydrogen) atoms. The van der Waals surface area contributed by atoms with Gasteiger partial charge in [0, 0.05) is 27.5 Å². The average molecular weight is 343 g/mol. The van der Waals surface area contributed by atoms with E-state index in [1.165, 1.54) is 24.3 Å². The summed E-state index contributed by atoms with van der Waals surface area (Å²) in [6.45, 7) is 3.27. The molecule has 0 aliphatic heterocycles. The van der Waals surface area contributed by atoms with Crippen LogP contribution >= 0.6 is 23.2 Å². The molecule has 0 radical (unpaired) electrons. The quantitative estimate of drug-likeness (QED) is 0.597. The number of rotatable bonds is 3. The Morgan fingerprint density at radius 2 is 1.82 bits per heavy atom. The van der Waals surface area contributed by atoms with Crippen LogP contribution in [-0.4, -0.2) is 9.85 Å². The Labute approximate surface area is 136 Å². The molecule has 1 aliphatic rings. The van der Waals surface area contributed by atoms with Crippen LogP contribution in [0.3, 0.4) is 0 Å². The minimum absolute atomic E-state index is 0.0436. The van der Waals surface area contributed by atoms with Crippen molar-refractivity contribution in [3.8, 4) is 0 Å². The van der Waals surface area contributed by atoms with Gasteiger partial charge in [0.2, 0.25) is 0 Å². The van der Waals surface area contributed by atoms with E-state index in [1.54, 1.807) is 13.8 Å². The number of halogens is 2. The third-order valence-electron chi connectivity index (χ3n) is 3.71. The molecule has 116 valence electrons. The Morgan fingerprint density at radius 1 is 1.18 bits per heavy atom. The highest BCUT2D eigenvalue weighted by molar-refractivity contribution is 6.32. The Bertz CT molecular complexity index is 743. The molecule has 2 rings (SSSR count). The number of allylic oxidation sites excluding steroid dienone is 2. The first kappa shape index (κ1) is 16.5. The van der Waals surface area contributed by atoms with Gasteiger partial charge in [0.05, 0.1) is 4.92 Å². The molecule has 1 aromatic rings. The molecule has 0 aromatic heterocycles. The highest BCUT2D eigenvalue weighted by atomic mass is 35.5. The normalized spacial score (nSPS) is 21.1. The maximum atomic E-state index is 11.7. The van der Waals surface area contributed by atoms with Gasteiger partial charge in [0.1, 0.15) is 5.56 Å².